The number of nitrogens with zero attached hydrogens (tertiary/aromatic N) is 2. The number of alkyl halides is 9. The summed E-state index contributed by atoms with van der Waals surface area (Å²) in [6, 6.07) is 4.01. The molecule has 0 unspecified atom stereocenters. The molecule has 0 bridgehead atoms. The van der Waals surface area contributed by atoms with Gasteiger partial charge in [0.2, 0.25) is 5.91 Å². The average Bonchev–Trinajstić information content (AvgIpc) is 2.88. The van der Waals surface area contributed by atoms with E-state index in [0.717, 1.165) is 6.07 Å². The molecule has 2 aliphatic rings. The van der Waals surface area contributed by atoms with Crippen LogP contribution in [0.5, 0.6) is 0 Å². The minimum atomic E-state index is -5.08. The fraction of sp³-hybridized carbons (Fsp3) is 0.565. The lowest BCUT2D eigenvalue weighted by Crippen LogP contribution is -2.43. The summed E-state index contributed by atoms with van der Waals surface area (Å²) in [5.41, 5.74) is -0.613. The highest BCUT2D eigenvalue weighted by molar-refractivity contribution is 5.93. The average molecular weight is 642 g/mol. The molecule has 1 aromatic rings. The molecule has 11 nitrogen and oxygen atoms in total. The highest BCUT2D eigenvalue weighted by atomic mass is 19.4. The number of amides is 1. The topological polar surface area (TPSA) is 160 Å². The molecule has 1 amide bonds. The molecule has 5 N–H and O–H groups in total. The Bertz CT molecular complexity index is 1090. The van der Waals surface area contributed by atoms with Crippen LogP contribution < -0.4 is 15.5 Å². The van der Waals surface area contributed by atoms with Gasteiger partial charge in [-0.1, -0.05) is 0 Å². The van der Waals surface area contributed by atoms with Crippen molar-refractivity contribution in [1.82, 2.24) is 10.2 Å². The van der Waals surface area contributed by atoms with E-state index in [-0.39, 0.29) is 12.2 Å². The summed E-state index contributed by atoms with van der Waals surface area (Å²) >= 11 is 0. The Hall–Kier alpha value is -3.81. The van der Waals surface area contributed by atoms with Crippen molar-refractivity contribution in [2.75, 3.05) is 56.0 Å². The van der Waals surface area contributed by atoms with Crippen molar-refractivity contribution in [2.45, 2.75) is 31.4 Å². The fourth-order valence-electron chi connectivity index (χ4n) is 3.77. The normalized spacial score (nSPS) is 16.6. The summed E-state index contributed by atoms with van der Waals surface area (Å²) in [5, 5.41) is 28.7. The second kappa shape index (κ2) is 15.6. The van der Waals surface area contributed by atoms with E-state index in [1.807, 2.05) is 4.90 Å². The van der Waals surface area contributed by atoms with Crippen LogP contribution in [0.3, 0.4) is 0 Å². The van der Waals surface area contributed by atoms with Crippen molar-refractivity contribution in [3.8, 4) is 0 Å². The molecule has 0 aromatic heterocycles. The third kappa shape index (κ3) is 13.4. The minimum Gasteiger partial charge on any atom is -0.480 e. The number of aliphatic carboxylic acids is 3. The zero-order valence-corrected chi connectivity index (χ0v) is 21.9. The Morgan fingerprint density at radius 3 is 1.67 bits per heavy atom. The lowest BCUT2D eigenvalue weighted by atomic mass is 9.95. The van der Waals surface area contributed by atoms with Gasteiger partial charge in [0.1, 0.15) is 0 Å². The molecular formula is C23H27F9N4O7. The maximum Gasteiger partial charge on any atom is 0.490 e. The van der Waals surface area contributed by atoms with Crippen LogP contribution >= 0.6 is 0 Å². The molecular weight excluding hydrogens is 615 g/mol. The van der Waals surface area contributed by atoms with E-state index in [9.17, 15) is 49.1 Å². The van der Waals surface area contributed by atoms with Crippen molar-refractivity contribution in [2.24, 2.45) is 5.92 Å². The van der Waals surface area contributed by atoms with Crippen LogP contribution in [0.1, 0.15) is 18.4 Å². The van der Waals surface area contributed by atoms with Crippen LogP contribution in [0.4, 0.5) is 50.9 Å². The van der Waals surface area contributed by atoms with E-state index < -0.39 is 53.8 Å². The van der Waals surface area contributed by atoms with Gasteiger partial charge in [0.05, 0.1) is 17.8 Å². The SMILES string of the molecule is O=C(O)C(F)(F)F.O=C(O)C(F)(F)F.O=C(O)CN1CCC(C(=O)Nc2ccc(N3CCNCC3)cc2C(F)(F)F)CC1. The maximum absolute atomic E-state index is 13.6. The number of halogens is 9. The van der Waals surface area contributed by atoms with E-state index in [0.29, 0.717) is 57.8 Å². The lowest BCUT2D eigenvalue weighted by Gasteiger charge is -2.31. The standard InChI is InChI=1S/C19H25F3N4O3.2C2HF3O2/c20-19(21,22)15-11-14(26-9-5-23-6-10-26)1-2-16(15)24-18(29)13-3-7-25(8-4-13)12-17(27)28;2*3-2(4,5)1(6)7/h1-2,11,13,23H,3-10,12H2,(H,24,29)(H,27,28);2*(H,6,7). The van der Waals surface area contributed by atoms with Gasteiger partial charge in [-0.2, -0.15) is 39.5 Å². The van der Waals surface area contributed by atoms with Gasteiger partial charge in [0.15, 0.2) is 0 Å². The lowest BCUT2D eigenvalue weighted by molar-refractivity contribution is -0.193. The van der Waals surface area contributed by atoms with Gasteiger partial charge in [-0.05, 0) is 44.1 Å². The molecule has 3 rings (SSSR count). The Balaban J connectivity index is 0.000000548. The van der Waals surface area contributed by atoms with Gasteiger partial charge in [-0.25, -0.2) is 9.59 Å². The Kier molecular flexibility index (Phi) is 13.5. The smallest absolute Gasteiger partial charge is 0.480 e. The molecule has 2 fully saturated rings. The van der Waals surface area contributed by atoms with Gasteiger partial charge in [0, 0.05) is 37.8 Å². The van der Waals surface area contributed by atoms with E-state index in [1.165, 1.54) is 6.07 Å². The first kappa shape index (κ1) is 37.2. The van der Waals surface area contributed by atoms with Crippen LogP contribution in [-0.4, -0.2) is 102 Å². The van der Waals surface area contributed by atoms with Crippen molar-refractivity contribution in [1.29, 1.82) is 0 Å². The van der Waals surface area contributed by atoms with Crippen LogP contribution in [0.25, 0.3) is 0 Å². The Labute approximate surface area is 237 Å². The molecule has 0 radical (unpaired) electrons. The van der Waals surface area contributed by atoms with Crippen LogP contribution in [0, 0.1) is 5.92 Å². The van der Waals surface area contributed by atoms with E-state index >= 15 is 0 Å². The number of carboxylic acid groups (broad SMARTS) is 3. The van der Waals surface area contributed by atoms with Gasteiger partial charge in [-0.3, -0.25) is 14.5 Å². The molecule has 20 heteroatoms. The number of rotatable bonds is 5. The van der Waals surface area contributed by atoms with Gasteiger partial charge >= 0.3 is 36.4 Å². The first-order chi connectivity index (χ1) is 19.6. The van der Waals surface area contributed by atoms with E-state index in [1.54, 1.807) is 11.0 Å². The third-order valence-electron chi connectivity index (χ3n) is 5.85. The number of carbonyl (C=O) groups is 4. The number of carbonyl (C=O) groups excluding carboxylic acids is 1. The highest BCUT2D eigenvalue weighted by Gasteiger charge is 2.39. The van der Waals surface area contributed by atoms with Gasteiger partial charge < -0.3 is 30.9 Å². The number of benzene rings is 1. The molecule has 244 valence electrons. The molecule has 1 aromatic carbocycles. The summed E-state index contributed by atoms with van der Waals surface area (Å²) in [6.07, 6.45) is -13.9. The van der Waals surface area contributed by atoms with Crippen LogP contribution in [0.15, 0.2) is 18.2 Å². The van der Waals surface area contributed by atoms with Crippen molar-refractivity contribution in [3.05, 3.63) is 23.8 Å². The molecule has 0 saturated carbocycles. The summed E-state index contributed by atoms with van der Waals surface area (Å²) in [5.74, 6) is -7.35. The molecule has 43 heavy (non-hydrogen) atoms. The monoisotopic (exact) mass is 642 g/mol. The van der Waals surface area contributed by atoms with Crippen LogP contribution in [-0.2, 0) is 25.4 Å². The zero-order chi connectivity index (χ0) is 33.2. The first-order valence-corrected chi connectivity index (χ1v) is 12.1. The summed E-state index contributed by atoms with van der Waals surface area (Å²) in [6.45, 7) is 3.42. The number of hydrogen-bond acceptors (Lipinski definition) is 7. The largest absolute Gasteiger partial charge is 0.490 e. The summed E-state index contributed by atoms with van der Waals surface area (Å²) in [7, 11) is 0. The van der Waals surface area contributed by atoms with E-state index in [2.05, 4.69) is 10.6 Å². The molecule has 0 aliphatic carbocycles. The summed E-state index contributed by atoms with van der Waals surface area (Å²) in [4.78, 5) is 44.7. The van der Waals surface area contributed by atoms with Crippen molar-refractivity contribution in [3.63, 3.8) is 0 Å². The minimum absolute atomic E-state index is 0.0972. The second-order valence-corrected chi connectivity index (χ2v) is 9.00. The van der Waals surface area contributed by atoms with Crippen molar-refractivity contribution < 1.29 is 74.0 Å². The van der Waals surface area contributed by atoms with Gasteiger partial charge in [-0.15, -0.1) is 0 Å². The van der Waals surface area contributed by atoms with Gasteiger partial charge in [0.25, 0.3) is 0 Å². The number of likely N-dealkylation sites (tertiary alicyclic amines) is 1. The molecule has 0 spiro atoms. The fourth-order valence-corrected chi connectivity index (χ4v) is 3.77. The molecule has 2 heterocycles. The van der Waals surface area contributed by atoms with Crippen molar-refractivity contribution >= 4 is 35.2 Å². The highest BCUT2D eigenvalue weighted by Crippen LogP contribution is 2.38. The molecule has 2 saturated heterocycles. The second-order valence-electron chi connectivity index (χ2n) is 9.00. The Morgan fingerprint density at radius 1 is 0.814 bits per heavy atom. The molecule has 0 atom stereocenters. The Morgan fingerprint density at radius 2 is 1.28 bits per heavy atom. The molecule has 2 aliphatic heterocycles. The first-order valence-electron chi connectivity index (χ1n) is 12.1. The quantitative estimate of drug-likeness (QED) is 0.302. The zero-order valence-electron chi connectivity index (χ0n) is 21.9. The number of nitrogens with one attached hydrogen (secondary N) is 2. The predicted molar refractivity (Wildman–Crippen MR) is 129 cm³/mol. The van der Waals surface area contributed by atoms with E-state index in [4.69, 9.17) is 24.9 Å². The van der Waals surface area contributed by atoms with Crippen LogP contribution in [0.2, 0.25) is 0 Å². The number of anilines is 2. The predicted octanol–water partition coefficient (Wildman–Crippen LogP) is 3.12. The number of piperidine rings is 1. The summed E-state index contributed by atoms with van der Waals surface area (Å²) < 4.78 is 104. The number of hydrogen-bond donors (Lipinski definition) is 5. The number of piperazine rings is 1. The maximum atomic E-state index is 13.6. The third-order valence-corrected chi connectivity index (χ3v) is 5.85. The number of carboxylic acids is 3.